The Kier molecular flexibility index (Phi) is 5.64. The molecule has 0 aromatic carbocycles. The van der Waals surface area contributed by atoms with Crippen molar-refractivity contribution in [1.82, 2.24) is 0 Å². The minimum absolute atomic E-state index is 0.186. The summed E-state index contributed by atoms with van der Waals surface area (Å²) in [5.74, 6) is 0. The summed E-state index contributed by atoms with van der Waals surface area (Å²) in [6.45, 7) is 3.59. The lowest BCUT2D eigenvalue weighted by Gasteiger charge is -2.04. The molecule has 0 rings (SSSR count). The molecule has 0 saturated heterocycles. The van der Waals surface area contributed by atoms with Gasteiger partial charge in [0, 0.05) is 0 Å². The summed E-state index contributed by atoms with van der Waals surface area (Å²) in [6.07, 6.45) is 3.37. The number of hydrogen-bond donors (Lipinski definition) is 2. The quantitative estimate of drug-likeness (QED) is 0.574. The molecule has 2 nitrogen and oxygen atoms in total. The van der Waals surface area contributed by atoms with Gasteiger partial charge in [-0.2, -0.15) is 0 Å². The third kappa shape index (κ3) is 7.92. The zero-order valence-electron chi connectivity index (χ0n) is 6.88. The molecule has 10 heavy (non-hydrogen) atoms. The minimum Gasteiger partial charge on any atom is -0.393 e. The molecule has 2 heteroatoms. The Morgan fingerprint density at radius 2 is 1.20 bits per heavy atom. The Hall–Kier alpha value is -0.0800. The van der Waals surface area contributed by atoms with Gasteiger partial charge >= 0.3 is 0 Å². The average molecular weight is 146 g/mol. The molecule has 0 fully saturated rings. The smallest absolute Gasteiger partial charge is 0.0512 e. The fraction of sp³-hybridized carbons (Fsp3) is 1.00. The predicted molar refractivity (Wildman–Crippen MR) is 41.8 cm³/mol. The highest BCUT2D eigenvalue weighted by Crippen LogP contribution is 2.04. The van der Waals surface area contributed by atoms with E-state index in [1.807, 2.05) is 0 Å². The number of rotatable bonds is 5. The fourth-order valence-corrected chi connectivity index (χ4v) is 0.879. The zero-order chi connectivity index (χ0) is 7.98. The Morgan fingerprint density at radius 3 is 1.40 bits per heavy atom. The van der Waals surface area contributed by atoms with Crippen LogP contribution in [0.15, 0.2) is 0 Å². The molecule has 0 heterocycles. The van der Waals surface area contributed by atoms with Gasteiger partial charge in [-0.1, -0.05) is 12.8 Å². The third-order valence-corrected chi connectivity index (χ3v) is 1.49. The molecular formula is C8H18O2. The van der Waals surface area contributed by atoms with E-state index >= 15 is 0 Å². The lowest BCUT2D eigenvalue weighted by Crippen LogP contribution is -2.02. The van der Waals surface area contributed by atoms with Crippen molar-refractivity contribution in [3.8, 4) is 0 Å². The van der Waals surface area contributed by atoms with Gasteiger partial charge in [-0.05, 0) is 26.7 Å². The monoisotopic (exact) mass is 146 g/mol. The van der Waals surface area contributed by atoms with Crippen molar-refractivity contribution in [2.24, 2.45) is 0 Å². The van der Waals surface area contributed by atoms with Crippen LogP contribution in [0.5, 0.6) is 0 Å². The summed E-state index contributed by atoms with van der Waals surface area (Å²) in [6, 6.07) is 0. The Balaban J connectivity index is 2.91. The van der Waals surface area contributed by atoms with Crippen LogP contribution in [0, 0.1) is 0 Å². The molecule has 0 radical (unpaired) electrons. The van der Waals surface area contributed by atoms with Crippen molar-refractivity contribution >= 4 is 0 Å². The van der Waals surface area contributed by atoms with E-state index < -0.39 is 0 Å². The Bertz CT molecular complexity index is 59.7. The first-order valence-electron chi connectivity index (χ1n) is 3.99. The van der Waals surface area contributed by atoms with Crippen molar-refractivity contribution in [3.63, 3.8) is 0 Å². The number of hydrogen-bond acceptors (Lipinski definition) is 2. The first-order chi connectivity index (χ1) is 4.63. The predicted octanol–water partition coefficient (Wildman–Crippen LogP) is 1.31. The lowest BCUT2D eigenvalue weighted by atomic mass is 10.1. The van der Waals surface area contributed by atoms with E-state index in [-0.39, 0.29) is 12.2 Å². The van der Waals surface area contributed by atoms with Gasteiger partial charge in [-0.3, -0.25) is 0 Å². The van der Waals surface area contributed by atoms with Crippen LogP contribution in [-0.4, -0.2) is 22.4 Å². The van der Waals surface area contributed by atoms with Crippen molar-refractivity contribution in [3.05, 3.63) is 0 Å². The second-order valence-electron chi connectivity index (χ2n) is 2.98. The van der Waals surface area contributed by atoms with E-state index in [0.717, 1.165) is 25.7 Å². The highest BCUT2D eigenvalue weighted by molar-refractivity contribution is 4.51. The second kappa shape index (κ2) is 5.69. The van der Waals surface area contributed by atoms with Gasteiger partial charge < -0.3 is 10.2 Å². The van der Waals surface area contributed by atoms with Crippen molar-refractivity contribution in [1.29, 1.82) is 0 Å². The number of aliphatic hydroxyl groups excluding tert-OH is 2. The molecule has 0 aromatic rings. The highest BCUT2D eigenvalue weighted by Gasteiger charge is 1.97. The summed E-state index contributed by atoms with van der Waals surface area (Å²) in [5, 5.41) is 17.7. The first-order valence-corrected chi connectivity index (χ1v) is 3.99. The lowest BCUT2D eigenvalue weighted by molar-refractivity contribution is 0.163. The average Bonchev–Trinajstić information content (AvgIpc) is 1.79. The van der Waals surface area contributed by atoms with E-state index in [0.29, 0.717) is 0 Å². The van der Waals surface area contributed by atoms with Crippen molar-refractivity contribution in [2.75, 3.05) is 0 Å². The summed E-state index contributed by atoms with van der Waals surface area (Å²) in [7, 11) is 0. The summed E-state index contributed by atoms with van der Waals surface area (Å²) in [4.78, 5) is 0. The molecule has 62 valence electrons. The van der Waals surface area contributed by atoms with Crippen molar-refractivity contribution in [2.45, 2.75) is 51.7 Å². The molecule has 0 spiro atoms. The molecule has 1 unspecified atom stereocenters. The molecule has 0 aromatic heterocycles. The summed E-state index contributed by atoms with van der Waals surface area (Å²) < 4.78 is 0. The maximum Gasteiger partial charge on any atom is 0.0512 e. The molecule has 0 aliphatic carbocycles. The minimum atomic E-state index is -0.186. The van der Waals surface area contributed by atoms with E-state index in [1.54, 1.807) is 13.8 Å². The van der Waals surface area contributed by atoms with Crippen LogP contribution < -0.4 is 0 Å². The van der Waals surface area contributed by atoms with Crippen LogP contribution in [0.25, 0.3) is 0 Å². The van der Waals surface area contributed by atoms with Crippen LogP contribution in [0.4, 0.5) is 0 Å². The third-order valence-electron chi connectivity index (χ3n) is 1.49. The molecule has 2 N–H and O–H groups in total. The molecule has 2 atom stereocenters. The van der Waals surface area contributed by atoms with Gasteiger partial charge in [0.2, 0.25) is 0 Å². The van der Waals surface area contributed by atoms with Gasteiger partial charge in [0.25, 0.3) is 0 Å². The normalized spacial score (nSPS) is 16.8. The summed E-state index contributed by atoms with van der Waals surface area (Å²) in [5.41, 5.74) is 0. The second-order valence-corrected chi connectivity index (χ2v) is 2.98. The van der Waals surface area contributed by atoms with Gasteiger partial charge in [0.1, 0.15) is 0 Å². The van der Waals surface area contributed by atoms with Gasteiger partial charge in [-0.15, -0.1) is 0 Å². The van der Waals surface area contributed by atoms with Crippen LogP contribution in [0.2, 0.25) is 0 Å². The van der Waals surface area contributed by atoms with E-state index in [4.69, 9.17) is 10.2 Å². The largest absolute Gasteiger partial charge is 0.393 e. The van der Waals surface area contributed by atoms with Crippen LogP contribution >= 0.6 is 0 Å². The number of aliphatic hydroxyl groups is 2. The van der Waals surface area contributed by atoms with E-state index in [2.05, 4.69) is 0 Å². The van der Waals surface area contributed by atoms with Crippen LogP contribution in [0.1, 0.15) is 39.5 Å². The topological polar surface area (TPSA) is 40.5 Å². The van der Waals surface area contributed by atoms with Crippen LogP contribution in [0.3, 0.4) is 0 Å². The van der Waals surface area contributed by atoms with Crippen molar-refractivity contribution < 1.29 is 10.2 Å². The maximum atomic E-state index is 8.86. The molecule has 0 bridgehead atoms. The highest BCUT2D eigenvalue weighted by atomic mass is 16.3. The summed E-state index contributed by atoms with van der Waals surface area (Å²) >= 11 is 0. The number of unbranched alkanes of at least 4 members (excludes halogenated alkanes) is 1. The molecule has 0 saturated carbocycles. The first kappa shape index (κ1) is 9.92. The van der Waals surface area contributed by atoms with E-state index in [9.17, 15) is 0 Å². The SMILES string of the molecule is CC(O)CCCC[C@@H](C)O. The zero-order valence-corrected chi connectivity index (χ0v) is 6.88. The van der Waals surface area contributed by atoms with Gasteiger partial charge in [0.05, 0.1) is 12.2 Å². The van der Waals surface area contributed by atoms with Gasteiger partial charge in [0.15, 0.2) is 0 Å². The molecule has 0 aliphatic heterocycles. The molecule has 0 aliphatic rings. The standard InChI is InChI=1S/C8H18O2/c1-7(9)5-3-4-6-8(2)10/h7-10H,3-6H2,1-2H3/t7-,8?/m1/s1. The molecule has 0 amide bonds. The molecular weight excluding hydrogens is 128 g/mol. The van der Waals surface area contributed by atoms with Gasteiger partial charge in [-0.25, -0.2) is 0 Å². The van der Waals surface area contributed by atoms with E-state index in [1.165, 1.54) is 0 Å². The fourth-order valence-electron chi connectivity index (χ4n) is 0.879. The Labute approximate surface area is 62.9 Å². The maximum absolute atomic E-state index is 8.86. The Morgan fingerprint density at radius 1 is 0.900 bits per heavy atom. The van der Waals surface area contributed by atoms with Crippen LogP contribution in [-0.2, 0) is 0 Å².